The molecule has 0 aliphatic heterocycles. The first-order valence-corrected chi connectivity index (χ1v) is 7.18. The summed E-state index contributed by atoms with van der Waals surface area (Å²) in [5.74, 6) is -1.49. The molecule has 1 N–H and O–H groups in total. The Morgan fingerprint density at radius 2 is 1.71 bits per heavy atom. The molecule has 0 saturated carbocycles. The van der Waals surface area contributed by atoms with E-state index in [1.54, 1.807) is 18.2 Å². The lowest BCUT2D eigenvalue weighted by Crippen LogP contribution is -2.49. The van der Waals surface area contributed by atoms with Crippen molar-refractivity contribution in [1.29, 1.82) is 0 Å². The fraction of sp³-hybridized carbons (Fsp3) is 0.500. The third-order valence-corrected chi connectivity index (χ3v) is 3.18. The van der Waals surface area contributed by atoms with Crippen LogP contribution in [0.3, 0.4) is 0 Å². The van der Waals surface area contributed by atoms with Gasteiger partial charge in [0.15, 0.2) is 0 Å². The summed E-state index contributed by atoms with van der Waals surface area (Å²) >= 11 is 0. The van der Waals surface area contributed by atoms with Gasteiger partial charge in [0.2, 0.25) is 0 Å². The number of nitrogens with zero attached hydrogens (tertiary/aromatic N) is 1. The number of benzene rings is 1. The van der Waals surface area contributed by atoms with E-state index in [1.807, 2.05) is 27.7 Å². The molecule has 5 heteroatoms. The van der Waals surface area contributed by atoms with Gasteiger partial charge in [-0.25, -0.2) is 4.39 Å². The Labute approximate surface area is 125 Å². The van der Waals surface area contributed by atoms with Crippen molar-refractivity contribution in [2.24, 2.45) is 0 Å². The van der Waals surface area contributed by atoms with Gasteiger partial charge in [0.25, 0.3) is 0 Å². The summed E-state index contributed by atoms with van der Waals surface area (Å²) in [6.45, 7) is 7.69. The highest BCUT2D eigenvalue weighted by Crippen LogP contribution is 2.07. The Morgan fingerprint density at radius 1 is 1.14 bits per heavy atom. The van der Waals surface area contributed by atoms with Crippen molar-refractivity contribution in [3.8, 4) is 0 Å². The van der Waals surface area contributed by atoms with E-state index in [4.69, 9.17) is 0 Å². The van der Waals surface area contributed by atoms with Crippen molar-refractivity contribution in [2.45, 2.75) is 46.2 Å². The molecule has 0 saturated heterocycles. The number of halogens is 1. The van der Waals surface area contributed by atoms with Gasteiger partial charge < -0.3 is 10.2 Å². The zero-order valence-electron chi connectivity index (χ0n) is 13.0. The van der Waals surface area contributed by atoms with Crippen LogP contribution in [0, 0.1) is 5.82 Å². The lowest BCUT2D eigenvalue weighted by molar-refractivity contribution is -0.148. The number of rotatable bonds is 5. The maximum absolute atomic E-state index is 13.4. The summed E-state index contributed by atoms with van der Waals surface area (Å²) in [6.07, 6.45) is 0.356. The van der Waals surface area contributed by atoms with Crippen molar-refractivity contribution in [3.05, 3.63) is 35.6 Å². The normalized spacial score (nSPS) is 10.8. The van der Waals surface area contributed by atoms with Gasteiger partial charge in [0.05, 0.1) is 0 Å². The van der Waals surface area contributed by atoms with E-state index in [2.05, 4.69) is 5.32 Å². The van der Waals surface area contributed by atoms with Crippen molar-refractivity contribution in [1.82, 2.24) is 10.2 Å². The zero-order valence-corrected chi connectivity index (χ0v) is 13.0. The predicted octanol–water partition coefficient (Wildman–Crippen LogP) is 2.13. The van der Waals surface area contributed by atoms with Gasteiger partial charge >= 0.3 is 11.8 Å². The van der Waals surface area contributed by atoms with Crippen LogP contribution in [-0.2, 0) is 16.0 Å². The number of hydrogen-bond acceptors (Lipinski definition) is 2. The average Bonchev–Trinajstić information content (AvgIpc) is 2.39. The van der Waals surface area contributed by atoms with Gasteiger partial charge in [0, 0.05) is 18.6 Å². The first-order valence-electron chi connectivity index (χ1n) is 7.18. The molecule has 0 unspecified atom stereocenters. The highest BCUT2D eigenvalue weighted by molar-refractivity contribution is 6.35. The second kappa shape index (κ2) is 7.76. The maximum Gasteiger partial charge on any atom is 0.312 e. The minimum absolute atomic E-state index is 0.0465. The average molecular weight is 294 g/mol. The predicted molar refractivity (Wildman–Crippen MR) is 80.2 cm³/mol. The lowest BCUT2D eigenvalue weighted by atomic mass is 10.1. The monoisotopic (exact) mass is 294 g/mol. The maximum atomic E-state index is 13.4. The zero-order chi connectivity index (χ0) is 16.0. The van der Waals surface area contributed by atoms with E-state index in [-0.39, 0.29) is 24.4 Å². The van der Waals surface area contributed by atoms with Crippen molar-refractivity contribution in [2.75, 3.05) is 6.54 Å². The molecular formula is C16H23FN2O2. The summed E-state index contributed by atoms with van der Waals surface area (Å²) in [6, 6.07) is 6.30. The number of nitrogens with one attached hydrogen (secondary N) is 1. The van der Waals surface area contributed by atoms with Gasteiger partial charge in [0.1, 0.15) is 5.82 Å². The van der Waals surface area contributed by atoms with Crippen LogP contribution in [0.4, 0.5) is 4.39 Å². The molecule has 1 rings (SSSR count). The summed E-state index contributed by atoms with van der Waals surface area (Å²) in [4.78, 5) is 25.5. The minimum atomic E-state index is -0.645. The molecule has 2 amide bonds. The van der Waals surface area contributed by atoms with Gasteiger partial charge in [-0.1, -0.05) is 18.2 Å². The van der Waals surface area contributed by atoms with E-state index >= 15 is 0 Å². The summed E-state index contributed by atoms with van der Waals surface area (Å²) in [7, 11) is 0. The summed E-state index contributed by atoms with van der Waals surface area (Å²) in [5.41, 5.74) is 0.523. The van der Waals surface area contributed by atoms with Crippen LogP contribution in [0.15, 0.2) is 24.3 Å². The number of amides is 2. The van der Waals surface area contributed by atoms with Crippen molar-refractivity contribution >= 4 is 11.8 Å². The molecule has 0 heterocycles. The fourth-order valence-electron chi connectivity index (χ4n) is 2.27. The molecule has 0 bridgehead atoms. The molecule has 0 aliphatic carbocycles. The van der Waals surface area contributed by atoms with Gasteiger partial charge in [-0.05, 0) is 45.7 Å². The summed E-state index contributed by atoms with van der Waals surface area (Å²) < 4.78 is 13.4. The Kier molecular flexibility index (Phi) is 6.34. The SMILES string of the molecule is CC(C)N(C(=O)C(=O)NCCc1ccccc1F)C(C)C. The van der Waals surface area contributed by atoms with Crippen LogP contribution in [-0.4, -0.2) is 35.3 Å². The molecule has 0 radical (unpaired) electrons. The second-order valence-corrected chi connectivity index (χ2v) is 5.50. The number of hydrogen-bond donors (Lipinski definition) is 1. The highest BCUT2D eigenvalue weighted by Gasteiger charge is 2.25. The van der Waals surface area contributed by atoms with Crippen LogP contribution < -0.4 is 5.32 Å². The number of carbonyl (C=O) groups excluding carboxylic acids is 2. The van der Waals surface area contributed by atoms with Crippen LogP contribution in [0.1, 0.15) is 33.3 Å². The van der Waals surface area contributed by atoms with Crippen LogP contribution in [0.2, 0.25) is 0 Å². The minimum Gasteiger partial charge on any atom is -0.347 e. The second-order valence-electron chi connectivity index (χ2n) is 5.50. The Hall–Kier alpha value is -1.91. The molecule has 21 heavy (non-hydrogen) atoms. The van der Waals surface area contributed by atoms with Crippen molar-refractivity contribution in [3.63, 3.8) is 0 Å². The van der Waals surface area contributed by atoms with Crippen LogP contribution >= 0.6 is 0 Å². The quantitative estimate of drug-likeness (QED) is 0.846. The molecule has 0 spiro atoms. The van der Waals surface area contributed by atoms with Gasteiger partial charge in [-0.15, -0.1) is 0 Å². The molecule has 1 aromatic rings. The Bertz CT molecular complexity index is 493. The molecule has 0 fully saturated rings. The molecular weight excluding hydrogens is 271 g/mol. The third kappa shape index (κ3) is 4.85. The molecule has 116 valence electrons. The molecule has 0 aromatic heterocycles. The molecule has 0 atom stereocenters. The lowest BCUT2D eigenvalue weighted by Gasteiger charge is -2.29. The van der Waals surface area contributed by atoms with E-state index in [1.165, 1.54) is 11.0 Å². The van der Waals surface area contributed by atoms with E-state index in [0.717, 1.165) is 0 Å². The topological polar surface area (TPSA) is 49.4 Å². The molecule has 1 aromatic carbocycles. The van der Waals surface area contributed by atoms with E-state index in [9.17, 15) is 14.0 Å². The van der Waals surface area contributed by atoms with Gasteiger partial charge in [-0.3, -0.25) is 9.59 Å². The van der Waals surface area contributed by atoms with E-state index in [0.29, 0.717) is 12.0 Å². The third-order valence-electron chi connectivity index (χ3n) is 3.18. The molecule has 0 aliphatic rings. The van der Waals surface area contributed by atoms with Crippen LogP contribution in [0.25, 0.3) is 0 Å². The Morgan fingerprint density at radius 3 is 2.24 bits per heavy atom. The van der Waals surface area contributed by atoms with Gasteiger partial charge in [-0.2, -0.15) is 0 Å². The smallest absolute Gasteiger partial charge is 0.312 e. The fourth-order valence-corrected chi connectivity index (χ4v) is 2.27. The largest absolute Gasteiger partial charge is 0.347 e. The first-order chi connectivity index (χ1) is 9.84. The summed E-state index contributed by atoms with van der Waals surface area (Å²) in [5, 5.41) is 2.55. The molecule has 4 nitrogen and oxygen atoms in total. The standard InChI is InChI=1S/C16H23FN2O2/c1-11(2)19(12(3)4)16(21)15(20)18-10-9-13-7-5-6-8-14(13)17/h5-8,11-12H,9-10H2,1-4H3,(H,18,20). The highest BCUT2D eigenvalue weighted by atomic mass is 19.1. The van der Waals surface area contributed by atoms with Crippen molar-refractivity contribution < 1.29 is 14.0 Å². The van der Waals surface area contributed by atoms with Crippen LogP contribution in [0.5, 0.6) is 0 Å². The Balaban J connectivity index is 2.54. The first kappa shape index (κ1) is 17.1. The van der Waals surface area contributed by atoms with E-state index < -0.39 is 11.8 Å². The number of carbonyl (C=O) groups is 2.